The van der Waals surface area contributed by atoms with Crippen LogP contribution in [0, 0.1) is 0 Å². The van der Waals surface area contributed by atoms with Crippen LogP contribution in [0.3, 0.4) is 0 Å². The first-order valence-electron chi connectivity index (χ1n) is 3.27. The van der Waals surface area contributed by atoms with Crippen LogP contribution in [0.2, 0.25) is 0 Å². The molecule has 4 nitrogen and oxygen atoms in total. The number of hydrogen-bond donors (Lipinski definition) is 3. The molecule has 2 unspecified atom stereocenters. The molecule has 0 fully saturated rings. The first-order chi connectivity index (χ1) is 5.04. The van der Waals surface area contributed by atoms with Gasteiger partial charge in [0.25, 0.3) is 0 Å². The van der Waals surface area contributed by atoms with Crippen molar-refractivity contribution in [2.45, 2.75) is 30.9 Å². The van der Waals surface area contributed by atoms with E-state index < -0.39 is 17.6 Å². The van der Waals surface area contributed by atoms with Crippen LogP contribution < -0.4 is 0 Å². The van der Waals surface area contributed by atoms with Crippen molar-refractivity contribution in [1.29, 1.82) is 0 Å². The van der Waals surface area contributed by atoms with E-state index in [-0.39, 0.29) is 6.42 Å². The Bertz CT molecular complexity index is 126. The van der Waals surface area contributed by atoms with Gasteiger partial charge in [0.1, 0.15) is 5.56 Å². The molecule has 11 heavy (non-hydrogen) atoms. The third-order valence-corrected chi connectivity index (χ3v) is 1.42. The maximum absolute atomic E-state index is 10.0. The number of rotatable bonds is 5. The zero-order chi connectivity index (χ0) is 8.85. The topological polar surface area (TPSA) is 77.8 Å². The molecule has 0 aromatic rings. The number of carboxylic acid groups (broad SMARTS) is 1. The zero-order valence-electron chi connectivity index (χ0n) is 5.90. The lowest BCUT2D eigenvalue weighted by molar-refractivity contribution is -0.147. The van der Waals surface area contributed by atoms with Crippen molar-refractivity contribution in [2.24, 2.45) is 0 Å². The first kappa shape index (κ1) is 10.7. The Morgan fingerprint density at radius 1 is 1.36 bits per heavy atom. The standard InChI is InChI=1S/C6H11ClO4/c7-5(9)3-1-2-4(8)6(10)11/h4-5,8-9H,1-3H2,(H,10,11). The summed E-state index contributed by atoms with van der Waals surface area (Å²) in [5, 5.41) is 25.5. The van der Waals surface area contributed by atoms with Crippen molar-refractivity contribution in [3.63, 3.8) is 0 Å². The molecule has 0 aliphatic heterocycles. The molecule has 0 saturated heterocycles. The molecule has 0 heterocycles. The van der Waals surface area contributed by atoms with E-state index in [1.54, 1.807) is 0 Å². The van der Waals surface area contributed by atoms with Crippen molar-refractivity contribution >= 4 is 17.6 Å². The third-order valence-electron chi connectivity index (χ3n) is 1.20. The Morgan fingerprint density at radius 2 is 1.91 bits per heavy atom. The van der Waals surface area contributed by atoms with Gasteiger partial charge in [-0.15, -0.1) is 0 Å². The molecular weight excluding hydrogens is 172 g/mol. The number of carboxylic acids is 1. The van der Waals surface area contributed by atoms with Crippen LogP contribution >= 0.6 is 11.6 Å². The van der Waals surface area contributed by atoms with Crippen molar-refractivity contribution in [1.82, 2.24) is 0 Å². The van der Waals surface area contributed by atoms with Crippen molar-refractivity contribution in [2.75, 3.05) is 0 Å². The van der Waals surface area contributed by atoms with E-state index in [1.807, 2.05) is 0 Å². The maximum atomic E-state index is 10.0. The summed E-state index contributed by atoms with van der Waals surface area (Å²) in [5.41, 5.74) is -0.948. The summed E-state index contributed by atoms with van der Waals surface area (Å²) < 4.78 is 0. The highest BCUT2D eigenvalue weighted by Crippen LogP contribution is 2.06. The number of alkyl halides is 1. The van der Waals surface area contributed by atoms with Crippen LogP contribution in [0.5, 0.6) is 0 Å². The van der Waals surface area contributed by atoms with Crippen LogP contribution in [0.1, 0.15) is 19.3 Å². The van der Waals surface area contributed by atoms with E-state index in [1.165, 1.54) is 0 Å². The van der Waals surface area contributed by atoms with Gasteiger partial charge in [0, 0.05) is 0 Å². The smallest absolute Gasteiger partial charge is 0.332 e. The fourth-order valence-corrected chi connectivity index (χ4v) is 0.757. The summed E-state index contributed by atoms with van der Waals surface area (Å²) in [6.45, 7) is 0. The summed E-state index contributed by atoms with van der Waals surface area (Å²) in [7, 11) is 0. The lowest BCUT2D eigenvalue weighted by Crippen LogP contribution is -2.19. The molecule has 0 spiro atoms. The fraction of sp³-hybridized carbons (Fsp3) is 0.833. The summed E-state index contributed by atoms with van der Waals surface area (Å²) in [6.07, 6.45) is -0.520. The highest BCUT2D eigenvalue weighted by atomic mass is 35.5. The average Bonchev–Trinajstić information content (AvgIpc) is 1.86. The van der Waals surface area contributed by atoms with Gasteiger partial charge in [-0.3, -0.25) is 0 Å². The molecule has 66 valence electrons. The molecule has 0 aliphatic carbocycles. The summed E-state index contributed by atoms with van der Waals surface area (Å²) in [4.78, 5) is 10.0. The van der Waals surface area contributed by atoms with Crippen LogP contribution in [0.4, 0.5) is 0 Å². The Morgan fingerprint density at radius 3 is 2.27 bits per heavy atom. The molecule has 0 aliphatic rings. The van der Waals surface area contributed by atoms with Gasteiger partial charge in [0.2, 0.25) is 0 Å². The minimum absolute atomic E-state index is 0.124. The summed E-state index contributed by atoms with van der Waals surface area (Å²) in [6, 6.07) is 0. The van der Waals surface area contributed by atoms with Gasteiger partial charge in [-0.05, 0) is 19.3 Å². The van der Waals surface area contributed by atoms with E-state index in [0.29, 0.717) is 12.8 Å². The molecule has 0 aromatic carbocycles. The lowest BCUT2D eigenvalue weighted by Gasteiger charge is -2.04. The number of aliphatic carboxylic acids is 1. The van der Waals surface area contributed by atoms with E-state index >= 15 is 0 Å². The SMILES string of the molecule is O=C(O)C(O)CCCC(O)Cl. The molecule has 5 heteroatoms. The number of aliphatic hydroxyl groups excluding tert-OH is 2. The minimum atomic E-state index is -1.34. The molecule has 0 saturated carbocycles. The van der Waals surface area contributed by atoms with Crippen LogP contribution in [0.25, 0.3) is 0 Å². The van der Waals surface area contributed by atoms with Gasteiger partial charge >= 0.3 is 5.97 Å². The van der Waals surface area contributed by atoms with Gasteiger partial charge in [0.05, 0.1) is 0 Å². The zero-order valence-corrected chi connectivity index (χ0v) is 6.66. The molecule has 0 aromatic heterocycles. The van der Waals surface area contributed by atoms with Gasteiger partial charge in [-0.1, -0.05) is 11.6 Å². The predicted molar refractivity (Wildman–Crippen MR) is 39.4 cm³/mol. The second kappa shape index (κ2) is 5.35. The normalized spacial score (nSPS) is 15.9. The number of aliphatic hydroxyl groups is 2. The highest BCUT2D eigenvalue weighted by molar-refractivity contribution is 6.19. The minimum Gasteiger partial charge on any atom is -0.479 e. The van der Waals surface area contributed by atoms with Crippen molar-refractivity contribution < 1.29 is 20.1 Å². The molecule has 0 amide bonds. The number of halogens is 1. The van der Waals surface area contributed by atoms with Gasteiger partial charge in [-0.25, -0.2) is 4.79 Å². The molecule has 0 bridgehead atoms. The predicted octanol–water partition coefficient (Wildman–Crippen LogP) is 0.159. The summed E-state index contributed by atoms with van der Waals surface area (Å²) in [5.74, 6) is -1.24. The van der Waals surface area contributed by atoms with Gasteiger partial charge in [0.15, 0.2) is 6.10 Å². The molecule has 3 N–H and O–H groups in total. The van der Waals surface area contributed by atoms with E-state index in [2.05, 4.69) is 0 Å². The van der Waals surface area contributed by atoms with Crippen LogP contribution in [0.15, 0.2) is 0 Å². The fourth-order valence-electron chi connectivity index (χ4n) is 0.603. The average molecular weight is 183 g/mol. The molecule has 2 atom stereocenters. The molecule has 0 radical (unpaired) electrons. The Kier molecular flexibility index (Phi) is 5.19. The molecule has 0 rings (SSSR count). The van der Waals surface area contributed by atoms with Crippen molar-refractivity contribution in [3.05, 3.63) is 0 Å². The monoisotopic (exact) mass is 182 g/mol. The maximum Gasteiger partial charge on any atom is 0.332 e. The largest absolute Gasteiger partial charge is 0.479 e. The quantitative estimate of drug-likeness (QED) is 0.530. The van der Waals surface area contributed by atoms with E-state index in [0.717, 1.165) is 0 Å². The van der Waals surface area contributed by atoms with Gasteiger partial charge < -0.3 is 15.3 Å². The second-order valence-electron chi connectivity index (χ2n) is 2.22. The second-order valence-corrected chi connectivity index (χ2v) is 2.72. The first-order valence-corrected chi connectivity index (χ1v) is 3.70. The van der Waals surface area contributed by atoms with Crippen molar-refractivity contribution in [3.8, 4) is 0 Å². The highest BCUT2D eigenvalue weighted by Gasteiger charge is 2.12. The summed E-state index contributed by atoms with van der Waals surface area (Å²) >= 11 is 5.17. The Labute approximate surface area is 69.4 Å². The number of hydrogen-bond acceptors (Lipinski definition) is 3. The third kappa shape index (κ3) is 6.09. The van der Waals surface area contributed by atoms with Gasteiger partial charge in [-0.2, -0.15) is 0 Å². The Hall–Kier alpha value is -0.320. The Balaban J connectivity index is 3.31. The van der Waals surface area contributed by atoms with Crippen LogP contribution in [-0.4, -0.2) is 33.0 Å². The molecular formula is C6H11ClO4. The number of carbonyl (C=O) groups is 1. The lowest BCUT2D eigenvalue weighted by atomic mass is 10.1. The van der Waals surface area contributed by atoms with Crippen LogP contribution in [-0.2, 0) is 4.79 Å². The van der Waals surface area contributed by atoms with E-state index in [4.69, 9.17) is 26.9 Å². The van der Waals surface area contributed by atoms with E-state index in [9.17, 15) is 4.79 Å².